The Morgan fingerprint density at radius 1 is 0.278 bits per heavy atom. The van der Waals surface area contributed by atoms with E-state index in [4.69, 9.17) is 0 Å². The normalized spacial score (nSPS) is 12.9. The molecule has 0 saturated carbocycles. The van der Waals surface area contributed by atoms with Crippen LogP contribution in [0.2, 0.25) is 0 Å². The topological polar surface area (TPSA) is 25.3 Å². The molecule has 0 radical (unpaired) electrons. The Balaban J connectivity index is 0.0000276. The van der Waals surface area contributed by atoms with Gasteiger partial charge in [0.1, 0.15) is 0 Å². The molecule has 0 fully saturated rings. The van der Waals surface area contributed by atoms with E-state index in [1.165, 1.54) is 382 Å². The van der Waals surface area contributed by atoms with Crippen molar-refractivity contribution in [3.05, 3.63) is 112 Å². The maximum atomic E-state index is 12.8. The monoisotopic (exact) mass is 1280 g/mol. The number of hydrogen-bond acceptors (Lipinski definition) is 0. The minimum Gasteiger partial charge on any atom is -0.493 e. The summed E-state index contributed by atoms with van der Waals surface area (Å²) in [7, 11) is 0. The Bertz CT molecular complexity index is 2080. The van der Waals surface area contributed by atoms with E-state index >= 15 is 0 Å². The van der Waals surface area contributed by atoms with E-state index in [1.807, 2.05) is 0 Å². The summed E-state index contributed by atoms with van der Waals surface area (Å²) in [5, 5.41) is 0. The zero-order valence-electron chi connectivity index (χ0n) is 60.4. The molecule has 0 saturated heterocycles. The second kappa shape index (κ2) is 63.6. The SMILES string of the molecule is CCCCCCC/C=C/C1=C(c2cccc(/C=C/CCCCCCCCCCCCCCCCCCCCC)c2)[N+](=[N-])C(c2cccc(/C=C/CCCCCCCCCCCCCCCCCCCCC)c2)=C1CCCCCCCCCCCCCCCC.[Ni]. The van der Waals surface area contributed by atoms with Gasteiger partial charge in [-0.25, -0.2) is 4.70 Å². The molecule has 0 aromatic heterocycles. The van der Waals surface area contributed by atoms with Crippen LogP contribution in [-0.2, 0) is 16.5 Å². The van der Waals surface area contributed by atoms with Gasteiger partial charge in [-0.1, -0.05) is 429 Å². The Kier molecular flexibility index (Phi) is 58.9. The molecule has 2 aromatic carbocycles. The molecule has 1 aliphatic rings. The molecule has 2 nitrogen and oxygen atoms in total. The van der Waals surface area contributed by atoms with Gasteiger partial charge in [-0.2, -0.15) is 0 Å². The predicted molar refractivity (Wildman–Crippen MR) is 402 cm³/mol. The summed E-state index contributed by atoms with van der Waals surface area (Å²) in [6.07, 6.45) is 98.0. The zero-order valence-corrected chi connectivity index (χ0v) is 61.4. The van der Waals surface area contributed by atoms with Crippen LogP contribution >= 0.6 is 0 Å². The van der Waals surface area contributed by atoms with Gasteiger partial charge in [0.25, 0.3) is 0 Å². The first kappa shape index (κ1) is 83.3. The fraction of sp³-hybridized carbons (Fsp3) is 0.747. The number of rotatable bonds is 66. The number of unbranched alkanes of at least 4 members (excludes halogenated alkanes) is 56. The van der Waals surface area contributed by atoms with Gasteiger partial charge in [0.15, 0.2) is 0 Å². The molecule has 3 rings (SSSR count). The van der Waals surface area contributed by atoms with Crippen molar-refractivity contribution in [3.63, 3.8) is 0 Å². The summed E-state index contributed by atoms with van der Waals surface area (Å²) in [4.78, 5) is 0. The molecule has 0 unspecified atom stereocenters. The van der Waals surface area contributed by atoms with Crippen molar-refractivity contribution in [1.29, 1.82) is 0 Å². The van der Waals surface area contributed by atoms with E-state index in [0.717, 1.165) is 54.6 Å². The second-order valence-corrected chi connectivity index (χ2v) is 28.2. The molecular weight excluding hydrogens is 1130 g/mol. The molecule has 0 atom stereocenters. The Labute approximate surface area is 572 Å². The van der Waals surface area contributed by atoms with Crippen molar-refractivity contribution in [2.45, 2.75) is 419 Å². The molecule has 2 aromatic rings. The molecular formula is C87H148N2Ni. The number of allylic oxidation sites excluding steroid dienone is 6. The predicted octanol–water partition coefficient (Wildman–Crippen LogP) is 31.3. The summed E-state index contributed by atoms with van der Waals surface area (Å²) in [6.45, 7) is 9.24. The quantitative estimate of drug-likeness (QED) is 0.0358. The molecule has 0 bridgehead atoms. The van der Waals surface area contributed by atoms with E-state index in [2.05, 4.69) is 113 Å². The molecule has 1 aliphatic heterocycles. The average Bonchev–Trinajstić information content (AvgIpc) is 1.62. The van der Waals surface area contributed by atoms with Crippen LogP contribution in [-0.4, -0.2) is 4.70 Å². The number of nitrogens with zero attached hydrogens (tertiary/aromatic N) is 2. The van der Waals surface area contributed by atoms with Gasteiger partial charge in [-0.15, -0.1) is 0 Å². The minimum absolute atomic E-state index is 0. The van der Waals surface area contributed by atoms with Crippen LogP contribution in [0.5, 0.6) is 0 Å². The summed E-state index contributed by atoms with van der Waals surface area (Å²) in [6, 6.07) is 18.1. The smallest absolute Gasteiger partial charge is 0.215 e. The first-order valence-electron chi connectivity index (χ1n) is 40.3. The molecule has 0 N–H and O–H groups in total. The van der Waals surface area contributed by atoms with Crippen molar-refractivity contribution in [2.75, 3.05) is 0 Å². The third kappa shape index (κ3) is 44.8. The van der Waals surface area contributed by atoms with Crippen LogP contribution in [0, 0.1) is 0 Å². The maximum absolute atomic E-state index is 12.8. The van der Waals surface area contributed by atoms with E-state index in [9.17, 15) is 5.53 Å². The number of hydrogen-bond donors (Lipinski definition) is 0. The third-order valence-electron chi connectivity index (χ3n) is 19.7. The molecule has 90 heavy (non-hydrogen) atoms. The van der Waals surface area contributed by atoms with Crippen molar-refractivity contribution >= 4 is 23.5 Å². The molecule has 0 spiro atoms. The molecule has 0 aliphatic carbocycles. The van der Waals surface area contributed by atoms with Crippen molar-refractivity contribution in [3.8, 4) is 0 Å². The summed E-state index contributed by atoms with van der Waals surface area (Å²) >= 11 is 0. The average molecular weight is 1280 g/mol. The second-order valence-electron chi connectivity index (χ2n) is 28.2. The fourth-order valence-corrected chi connectivity index (χ4v) is 13.9. The first-order chi connectivity index (χ1) is 44.1. The van der Waals surface area contributed by atoms with Gasteiger partial charge >= 0.3 is 0 Å². The summed E-state index contributed by atoms with van der Waals surface area (Å²) < 4.78 is 1.60. The third-order valence-corrected chi connectivity index (χ3v) is 19.7. The van der Waals surface area contributed by atoms with Crippen molar-refractivity contribution in [2.24, 2.45) is 0 Å². The van der Waals surface area contributed by atoms with Crippen LogP contribution in [0.4, 0.5) is 0 Å². The Morgan fingerprint density at radius 3 is 0.789 bits per heavy atom. The van der Waals surface area contributed by atoms with Gasteiger partial charge < -0.3 is 5.53 Å². The maximum Gasteiger partial charge on any atom is 0.215 e. The van der Waals surface area contributed by atoms with Gasteiger partial charge in [0.05, 0.1) is 5.57 Å². The van der Waals surface area contributed by atoms with E-state index < -0.39 is 0 Å². The van der Waals surface area contributed by atoms with Gasteiger partial charge in [-0.3, -0.25) is 0 Å². The van der Waals surface area contributed by atoms with E-state index in [0.29, 0.717) is 0 Å². The first-order valence-corrected chi connectivity index (χ1v) is 40.3. The Morgan fingerprint density at radius 2 is 0.511 bits per heavy atom. The number of benzene rings is 2. The fourth-order valence-electron chi connectivity index (χ4n) is 13.9. The van der Waals surface area contributed by atoms with E-state index in [1.54, 1.807) is 4.70 Å². The molecule has 1 heterocycles. The molecule has 3 heteroatoms. The summed E-state index contributed by atoms with van der Waals surface area (Å²) in [5.41, 5.74) is 21.9. The van der Waals surface area contributed by atoms with Crippen LogP contribution < -0.4 is 0 Å². The van der Waals surface area contributed by atoms with Gasteiger partial charge in [0, 0.05) is 33.2 Å². The standard InChI is InChI=1S/C87H148N2.Ni/c1-5-9-13-17-21-24-27-30-33-35-37-39-41-43-45-47-50-53-57-60-64-70-80-72-68-74-82(78-80)86-84(76-66-62-56-20-16-12-8-4)85(77-67-63-59-55-52-49-32-29-26-23-19-15-11-7-3)87(89(86)88)83-75-69-73-81(79-83)71-65-61-58-54-51-48-46-44-42-40-38-36-34-31-28-25-22-18-14-10-6-2;/h64-66,68-76,78-79H,5-63,67,77H2,1-4H3;/b70-64+,71-65+,76-66+;. The van der Waals surface area contributed by atoms with Crippen LogP contribution in [0.15, 0.2) is 84.0 Å². The van der Waals surface area contributed by atoms with Crippen molar-refractivity contribution in [1.82, 2.24) is 0 Å². The summed E-state index contributed by atoms with van der Waals surface area (Å²) in [5.74, 6) is 0. The van der Waals surface area contributed by atoms with Crippen LogP contribution in [0.3, 0.4) is 0 Å². The van der Waals surface area contributed by atoms with Gasteiger partial charge in [-0.05, 0) is 86.8 Å². The van der Waals surface area contributed by atoms with E-state index in [-0.39, 0.29) is 16.5 Å². The van der Waals surface area contributed by atoms with Gasteiger partial charge in [0.2, 0.25) is 11.4 Å². The molecule has 0 amide bonds. The van der Waals surface area contributed by atoms with Crippen molar-refractivity contribution < 1.29 is 21.2 Å². The molecule has 516 valence electrons. The van der Waals surface area contributed by atoms with Crippen LogP contribution in [0.25, 0.3) is 29.1 Å². The minimum atomic E-state index is 0. The largest absolute Gasteiger partial charge is 0.493 e. The van der Waals surface area contributed by atoms with Crippen LogP contribution in [0.1, 0.15) is 442 Å². The zero-order chi connectivity index (χ0) is 63.2. The Hall–Kier alpha value is -2.77.